The van der Waals surface area contributed by atoms with Crippen molar-refractivity contribution in [3.63, 3.8) is 0 Å². The van der Waals surface area contributed by atoms with Gasteiger partial charge in [0, 0.05) is 19.5 Å². The molecule has 0 aliphatic rings. The van der Waals surface area contributed by atoms with Crippen molar-refractivity contribution < 1.29 is 96.8 Å². The molecule has 0 saturated heterocycles. The number of sulfonamides is 1. The Morgan fingerprint density at radius 3 is 1.38 bits per heavy atom. The number of aliphatic hydroxyl groups excluding tert-OH is 1. The van der Waals surface area contributed by atoms with Crippen LogP contribution >= 0.6 is 0 Å². The van der Waals surface area contributed by atoms with E-state index in [9.17, 15) is 82.7 Å². The van der Waals surface area contributed by atoms with Crippen LogP contribution in [0.4, 0.5) is 65.9 Å². The molecule has 0 atom stereocenters. The Labute approximate surface area is 228 Å². The molecular formula is C17H24F15N2O6S2+. The van der Waals surface area contributed by atoms with Crippen LogP contribution in [0, 0.1) is 0 Å². The van der Waals surface area contributed by atoms with E-state index < -0.39 is 104 Å². The molecule has 0 aromatic rings. The van der Waals surface area contributed by atoms with Crippen LogP contribution in [0.2, 0.25) is 0 Å². The lowest BCUT2D eigenvalue weighted by atomic mass is 9.94. The van der Waals surface area contributed by atoms with Gasteiger partial charge in [-0.1, -0.05) is 0 Å². The zero-order valence-corrected chi connectivity index (χ0v) is 22.7. The highest BCUT2D eigenvalue weighted by molar-refractivity contribution is 7.90. The van der Waals surface area contributed by atoms with Crippen LogP contribution in [-0.2, 0) is 20.1 Å². The summed E-state index contributed by atoms with van der Waals surface area (Å²) >= 11 is 0. The molecule has 0 aromatic heterocycles. The van der Waals surface area contributed by atoms with Crippen molar-refractivity contribution in [3.05, 3.63) is 0 Å². The molecule has 0 radical (unpaired) electrons. The summed E-state index contributed by atoms with van der Waals surface area (Å²) in [5.74, 6) is -43.9. The van der Waals surface area contributed by atoms with Gasteiger partial charge < -0.3 is 9.59 Å². The van der Waals surface area contributed by atoms with Crippen molar-refractivity contribution >= 4 is 20.1 Å². The zero-order valence-electron chi connectivity index (χ0n) is 21.1. The first-order valence-electron chi connectivity index (χ1n) is 10.8. The molecule has 0 amide bonds. The third-order valence-corrected chi connectivity index (χ3v) is 8.40. The predicted octanol–water partition coefficient (Wildman–Crippen LogP) is 3.69. The van der Waals surface area contributed by atoms with Crippen LogP contribution in [0.3, 0.4) is 0 Å². The highest BCUT2D eigenvalue weighted by Crippen LogP contribution is 2.63. The monoisotopic (exact) mass is 701 g/mol. The van der Waals surface area contributed by atoms with Crippen LogP contribution in [0.25, 0.3) is 0 Å². The van der Waals surface area contributed by atoms with Crippen LogP contribution in [0.15, 0.2) is 0 Å². The lowest BCUT2D eigenvalue weighted by Crippen LogP contribution is -2.73. The smallest absolute Gasteiger partial charge is 0.391 e. The van der Waals surface area contributed by atoms with E-state index in [-0.39, 0.29) is 17.6 Å². The summed E-state index contributed by atoms with van der Waals surface area (Å²) < 4.78 is 256. The molecule has 254 valence electrons. The van der Waals surface area contributed by atoms with Gasteiger partial charge in [0.15, 0.2) is 0 Å². The van der Waals surface area contributed by atoms with Crippen molar-refractivity contribution in [2.45, 2.75) is 53.9 Å². The predicted molar refractivity (Wildman–Crippen MR) is 111 cm³/mol. The molecule has 0 saturated carbocycles. The second-order valence-electron chi connectivity index (χ2n) is 9.39. The fourth-order valence-electron chi connectivity index (χ4n) is 3.11. The fraction of sp³-hybridized carbons (Fsp3) is 1.00. The van der Waals surface area contributed by atoms with E-state index in [2.05, 4.69) is 0 Å². The van der Waals surface area contributed by atoms with E-state index in [1.165, 1.54) is 14.1 Å². The minimum absolute atomic E-state index is 0.109. The molecule has 0 aromatic carbocycles. The lowest BCUT2D eigenvalue weighted by Gasteiger charge is -2.41. The zero-order chi connectivity index (χ0) is 34.2. The van der Waals surface area contributed by atoms with Crippen molar-refractivity contribution in [2.24, 2.45) is 0 Å². The molecule has 2 N–H and O–H groups in total. The van der Waals surface area contributed by atoms with Crippen molar-refractivity contribution in [2.75, 3.05) is 52.6 Å². The molecule has 0 unspecified atom stereocenters. The van der Waals surface area contributed by atoms with Gasteiger partial charge in [-0.2, -0.15) is 78.6 Å². The summed E-state index contributed by atoms with van der Waals surface area (Å²) in [7, 11) is -9.87. The quantitative estimate of drug-likeness (QED) is 0.136. The summed E-state index contributed by atoms with van der Waals surface area (Å²) in [6.07, 6.45) is -9.79. The summed E-state index contributed by atoms with van der Waals surface area (Å²) in [4.78, 5) is 0. The van der Waals surface area contributed by atoms with E-state index in [0.717, 1.165) is 0 Å². The largest absolute Gasteiger partial charge is 0.460 e. The minimum atomic E-state index is -8.69. The van der Waals surface area contributed by atoms with Gasteiger partial charge in [-0.25, -0.2) is 8.42 Å². The first-order chi connectivity index (χ1) is 18.1. The Morgan fingerprint density at radius 2 is 1.00 bits per heavy atom. The van der Waals surface area contributed by atoms with Crippen LogP contribution in [0.1, 0.15) is 12.8 Å². The maximum absolute atomic E-state index is 14.6. The Hall–Kier alpha value is -1.31. The van der Waals surface area contributed by atoms with Crippen molar-refractivity contribution in [1.29, 1.82) is 0 Å². The van der Waals surface area contributed by atoms with E-state index >= 15 is 0 Å². The second-order valence-corrected chi connectivity index (χ2v) is 12.9. The number of hydrogen-bond acceptors (Lipinski definition) is 5. The van der Waals surface area contributed by atoms with Crippen molar-refractivity contribution in [1.82, 2.24) is 4.31 Å². The molecule has 0 aliphatic carbocycles. The van der Waals surface area contributed by atoms with Crippen LogP contribution < -0.4 is 0 Å². The number of quaternary nitrogens is 1. The number of hydrogen-bond donors (Lipinski definition) is 2. The average molecular weight is 701 g/mol. The third kappa shape index (κ3) is 7.48. The number of likely N-dealkylation sites (N-methyl/N-ethyl adjacent to an activating group) is 1. The number of rotatable bonds is 17. The molecule has 0 rings (SSSR count). The molecule has 0 bridgehead atoms. The summed E-state index contributed by atoms with van der Waals surface area (Å²) in [5, 5.41) is 1.29. The topological polar surface area (TPSA) is 112 Å². The van der Waals surface area contributed by atoms with Gasteiger partial charge in [0.25, 0.3) is 20.1 Å². The van der Waals surface area contributed by atoms with Crippen LogP contribution in [0.5, 0.6) is 0 Å². The SMILES string of the molecule is C[N+](C)(CCO)CCCN(CCCS(=O)(=O)O)S(=O)(=O)C(F)(F)C(F)(F)C(F)(F)C(F)(F)C(F)(F)C(F)(F)C(F)(F)F. The number of nitrogens with zero attached hydrogens (tertiary/aromatic N) is 2. The first kappa shape index (κ1) is 40.7. The Balaban J connectivity index is 6.82. The maximum atomic E-state index is 14.6. The Kier molecular flexibility index (Phi) is 11.9. The fourth-order valence-corrected chi connectivity index (χ4v) is 5.12. The van der Waals surface area contributed by atoms with E-state index in [4.69, 9.17) is 9.66 Å². The van der Waals surface area contributed by atoms with E-state index in [0.29, 0.717) is 0 Å². The third-order valence-electron chi connectivity index (χ3n) is 5.65. The van der Waals surface area contributed by atoms with Gasteiger partial charge in [0.2, 0.25) is 0 Å². The highest BCUT2D eigenvalue weighted by atomic mass is 32.2. The Morgan fingerprint density at radius 1 is 0.619 bits per heavy atom. The van der Waals surface area contributed by atoms with Gasteiger partial charge in [0.1, 0.15) is 6.54 Å². The molecule has 0 heterocycles. The molecule has 25 heteroatoms. The van der Waals surface area contributed by atoms with Crippen LogP contribution in [-0.4, -0.2) is 129 Å². The number of aliphatic hydroxyl groups is 1. The number of alkyl halides is 15. The molecule has 0 spiro atoms. The molecule has 42 heavy (non-hydrogen) atoms. The highest BCUT2D eigenvalue weighted by Gasteiger charge is 2.94. The summed E-state index contributed by atoms with van der Waals surface area (Å²) in [6.45, 7) is -4.06. The first-order valence-corrected chi connectivity index (χ1v) is 13.9. The molecule has 0 aliphatic heterocycles. The summed E-state index contributed by atoms with van der Waals surface area (Å²) in [6, 6.07) is 0. The lowest BCUT2D eigenvalue weighted by molar-refractivity contribution is -0.890. The minimum Gasteiger partial charge on any atom is -0.391 e. The van der Waals surface area contributed by atoms with Gasteiger partial charge >= 0.3 is 41.0 Å². The summed E-state index contributed by atoms with van der Waals surface area (Å²) in [5.41, 5.74) is 0. The van der Waals surface area contributed by atoms with Gasteiger partial charge in [-0.05, 0) is 6.42 Å². The Bertz CT molecular complexity index is 1140. The van der Waals surface area contributed by atoms with Gasteiger partial charge in [0.05, 0.1) is 33.0 Å². The molecule has 0 fully saturated rings. The average Bonchev–Trinajstić information content (AvgIpc) is 2.75. The molecular weight excluding hydrogens is 677 g/mol. The normalized spacial score (nSPS) is 15.9. The maximum Gasteiger partial charge on any atom is 0.460 e. The van der Waals surface area contributed by atoms with E-state index in [1.807, 2.05) is 0 Å². The van der Waals surface area contributed by atoms with Gasteiger partial charge in [-0.3, -0.25) is 4.55 Å². The van der Waals surface area contributed by atoms with Crippen molar-refractivity contribution in [3.8, 4) is 0 Å². The second kappa shape index (κ2) is 12.2. The number of halogens is 15. The van der Waals surface area contributed by atoms with Gasteiger partial charge in [-0.15, -0.1) is 0 Å². The van der Waals surface area contributed by atoms with E-state index in [1.54, 1.807) is 0 Å². The molecule has 8 nitrogen and oxygen atoms in total. The standard InChI is InChI=1S/C17H23F15N2O6S2/c1-34(2,8-9-35)7-3-5-33(6-4-10-41(36,37)38)42(39,40)17(31,32)15(26,27)13(22,23)11(18,19)12(20,21)14(24,25)16(28,29)30/h35H,3-10H2,1-2H3/p+1.